The second-order valence-corrected chi connectivity index (χ2v) is 4.08. The van der Waals surface area contributed by atoms with Crippen LogP contribution in [0.15, 0.2) is 48.1 Å². The Kier molecular flexibility index (Phi) is 5.94. The normalized spacial score (nSPS) is 12.1. The summed E-state index contributed by atoms with van der Waals surface area (Å²) in [6, 6.07) is 3.53. The highest BCUT2D eigenvalue weighted by Crippen LogP contribution is 2.11. The van der Waals surface area contributed by atoms with Crippen LogP contribution in [0.3, 0.4) is 0 Å². The van der Waals surface area contributed by atoms with Gasteiger partial charge in [-0.2, -0.15) is 0 Å². The standard InChI is InChI=1S/C14H20N2O2/c1-4-8-16(9-5-2)11-14(17)15-12(3)13-7-6-10-18-13/h4-7,10,12H,1-2,8-9,11H2,3H3,(H,15,17). The Morgan fingerprint density at radius 2 is 2.17 bits per heavy atom. The molecule has 1 unspecified atom stereocenters. The maximum Gasteiger partial charge on any atom is 0.234 e. The Morgan fingerprint density at radius 3 is 2.67 bits per heavy atom. The molecule has 0 radical (unpaired) electrons. The lowest BCUT2D eigenvalue weighted by molar-refractivity contribution is -0.122. The molecular formula is C14H20N2O2. The maximum absolute atomic E-state index is 11.8. The van der Waals surface area contributed by atoms with Crippen LogP contribution in [0, 0.1) is 0 Å². The Balaban J connectivity index is 2.44. The average molecular weight is 248 g/mol. The third-order valence-corrected chi connectivity index (χ3v) is 2.49. The van der Waals surface area contributed by atoms with Crippen molar-refractivity contribution < 1.29 is 9.21 Å². The van der Waals surface area contributed by atoms with Crippen molar-refractivity contribution in [1.29, 1.82) is 0 Å². The first kappa shape index (κ1) is 14.3. The molecule has 0 saturated carbocycles. The molecule has 1 aromatic heterocycles. The first-order valence-corrected chi connectivity index (χ1v) is 5.94. The summed E-state index contributed by atoms with van der Waals surface area (Å²) in [6.07, 6.45) is 5.14. The SMILES string of the molecule is C=CCN(CC=C)CC(=O)NC(C)c1ccco1. The molecule has 4 heteroatoms. The van der Waals surface area contributed by atoms with Gasteiger partial charge in [0.15, 0.2) is 0 Å². The molecule has 1 rings (SSSR count). The summed E-state index contributed by atoms with van der Waals surface area (Å²) < 4.78 is 5.24. The predicted octanol–water partition coefficient (Wildman–Crippen LogP) is 2.13. The van der Waals surface area contributed by atoms with Crippen LogP contribution in [0.1, 0.15) is 18.7 Å². The second kappa shape index (κ2) is 7.50. The van der Waals surface area contributed by atoms with Gasteiger partial charge in [0.25, 0.3) is 0 Å². The molecule has 0 aliphatic heterocycles. The van der Waals surface area contributed by atoms with E-state index in [4.69, 9.17) is 4.42 Å². The van der Waals surface area contributed by atoms with E-state index in [1.165, 1.54) is 0 Å². The Labute approximate surface area is 108 Å². The zero-order chi connectivity index (χ0) is 13.4. The summed E-state index contributed by atoms with van der Waals surface area (Å²) in [4.78, 5) is 13.8. The van der Waals surface area contributed by atoms with E-state index < -0.39 is 0 Å². The molecule has 1 aromatic rings. The molecule has 1 amide bonds. The molecule has 4 nitrogen and oxygen atoms in total. The lowest BCUT2D eigenvalue weighted by atomic mass is 10.2. The number of amides is 1. The quantitative estimate of drug-likeness (QED) is 0.717. The van der Waals surface area contributed by atoms with Crippen LogP contribution < -0.4 is 5.32 Å². The van der Waals surface area contributed by atoms with Crippen LogP contribution in [0.2, 0.25) is 0 Å². The monoisotopic (exact) mass is 248 g/mol. The molecule has 0 aliphatic rings. The van der Waals surface area contributed by atoms with Gasteiger partial charge in [-0.1, -0.05) is 12.2 Å². The van der Waals surface area contributed by atoms with E-state index in [1.54, 1.807) is 24.5 Å². The molecule has 0 fully saturated rings. The predicted molar refractivity (Wildman–Crippen MR) is 72.1 cm³/mol. The van der Waals surface area contributed by atoms with Crippen LogP contribution >= 0.6 is 0 Å². The minimum absolute atomic E-state index is 0.0393. The van der Waals surface area contributed by atoms with Crippen molar-refractivity contribution in [1.82, 2.24) is 10.2 Å². The fourth-order valence-corrected chi connectivity index (χ4v) is 1.67. The van der Waals surface area contributed by atoms with Crippen molar-refractivity contribution >= 4 is 5.91 Å². The molecule has 0 aliphatic carbocycles. The van der Waals surface area contributed by atoms with Crippen LogP contribution in [0.5, 0.6) is 0 Å². The maximum atomic E-state index is 11.8. The van der Waals surface area contributed by atoms with Crippen LogP contribution in [-0.2, 0) is 4.79 Å². The number of hydrogen-bond donors (Lipinski definition) is 1. The van der Waals surface area contributed by atoms with E-state index >= 15 is 0 Å². The Morgan fingerprint density at radius 1 is 1.50 bits per heavy atom. The lowest BCUT2D eigenvalue weighted by Gasteiger charge is -2.19. The summed E-state index contributed by atoms with van der Waals surface area (Å²) >= 11 is 0. The van der Waals surface area contributed by atoms with Gasteiger partial charge in [-0.25, -0.2) is 0 Å². The van der Waals surface area contributed by atoms with E-state index in [2.05, 4.69) is 18.5 Å². The Hall–Kier alpha value is -1.81. The highest BCUT2D eigenvalue weighted by atomic mass is 16.3. The number of furan rings is 1. The van der Waals surface area contributed by atoms with Gasteiger partial charge in [0.05, 0.1) is 18.8 Å². The number of carbonyl (C=O) groups is 1. The van der Waals surface area contributed by atoms with Crippen molar-refractivity contribution in [2.75, 3.05) is 19.6 Å². The van der Waals surface area contributed by atoms with Crippen molar-refractivity contribution in [3.63, 3.8) is 0 Å². The molecule has 98 valence electrons. The number of carbonyl (C=O) groups excluding carboxylic acids is 1. The zero-order valence-corrected chi connectivity index (χ0v) is 10.8. The lowest BCUT2D eigenvalue weighted by Crippen LogP contribution is -2.38. The van der Waals surface area contributed by atoms with Gasteiger partial charge in [0.2, 0.25) is 5.91 Å². The summed E-state index contributed by atoms with van der Waals surface area (Å²) in [5.74, 6) is 0.713. The number of rotatable bonds is 8. The molecular weight excluding hydrogens is 228 g/mol. The van der Waals surface area contributed by atoms with Gasteiger partial charge < -0.3 is 9.73 Å². The third-order valence-electron chi connectivity index (χ3n) is 2.49. The van der Waals surface area contributed by atoms with Crippen molar-refractivity contribution in [3.8, 4) is 0 Å². The molecule has 0 bridgehead atoms. The highest BCUT2D eigenvalue weighted by molar-refractivity contribution is 5.78. The van der Waals surface area contributed by atoms with E-state index in [0.717, 1.165) is 5.76 Å². The van der Waals surface area contributed by atoms with Crippen LogP contribution in [0.25, 0.3) is 0 Å². The fraction of sp³-hybridized carbons (Fsp3) is 0.357. The van der Waals surface area contributed by atoms with Crippen molar-refractivity contribution in [3.05, 3.63) is 49.5 Å². The topological polar surface area (TPSA) is 45.5 Å². The molecule has 0 aromatic carbocycles. The van der Waals surface area contributed by atoms with E-state index in [9.17, 15) is 4.79 Å². The minimum atomic E-state index is -0.123. The van der Waals surface area contributed by atoms with Crippen molar-refractivity contribution in [2.45, 2.75) is 13.0 Å². The molecule has 1 N–H and O–H groups in total. The first-order chi connectivity index (χ1) is 8.67. The van der Waals surface area contributed by atoms with Gasteiger partial charge in [0, 0.05) is 13.1 Å². The number of nitrogens with one attached hydrogen (secondary N) is 1. The van der Waals surface area contributed by atoms with Gasteiger partial charge in [-0.3, -0.25) is 9.69 Å². The minimum Gasteiger partial charge on any atom is -0.467 e. The van der Waals surface area contributed by atoms with E-state index in [1.807, 2.05) is 17.9 Å². The third kappa shape index (κ3) is 4.59. The summed E-state index contributed by atoms with van der Waals surface area (Å²) in [5, 5.41) is 2.89. The largest absolute Gasteiger partial charge is 0.467 e. The van der Waals surface area contributed by atoms with Gasteiger partial charge >= 0.3 is 0 Å². The summed E-state index contributed by atoms with van der Waals surface area (Å²) in [5.41, 5.74) is 0. The van der Waals surface area contributed by atoms with Gasteiger partial charge in [0.1, 0.15) is 5.76 Å². The van der Waals surface area contributed by atoms with Crippen LogP contribution in [-0.4, -0.2) is 30.4 Å². The van der Waals surface area contributed by atoms with E-state index in [-0.39, 0.29) is 11.9 Å². The molecule has 0 spiro atoms. The van der Waals surface area contributed by atoms with E-state index in [0.29, 0.717) is 19.6 Å². The molecule has 0 saturated heterocycles. The van der Waals surface area contributed by atoms with Gasteiger partial charge in [-0.15, -0.1) is 13.2 Å². The number of hydrogen-bond acceptors (Lipinski definition) is 3. The average Bonchev–Trinajstić information content (AvgIpc) is 2.82. The Bertz CT molecular complexity index is 375. The van der Waals surface area contributed by atoms with Crippen LogP contribution in [0.4, 0.5) is 0 Å². The number of nitrogens with zero attached hydrogens (tertiary/aromatic N) is 1. The molecule has 1 atom stereocenters. The fourth-order valence-electron chi connectivity index (χ4n) is 1.67. The van der Waals surface area contributed by atoms with Crippen molar-refractivity contribution in [2.24, 2.45) is 0 Å². The van der Waals surface area contributed by atoms with Gasteiger partial charge in [-0.05, 0) is 19.1 Å². The highest BCUT2D eigenvalue weighted by Gasteiger charge is 2.13. The molecule has 1 heterocycles. The smallest absolute Gasteiger partial charge is 0.234 e. The second-order valence-electron chi connectivity index (χ2n) is 4.08. The zero-order valence-electron chi connectivity index (χ0n) is 10.8. The molecule has 18 heavy (non-hydrogen) atoms. The summed E-state index contributed by atoms with van der Waals surface area (Å²) in [6.45, 7) is 10.9. The summed E-state index contributed by atoms with van der Waals surface area (Å²) in [7, 11) is 0. The first-order valence-electron chi connectivity index (χ1n) is 5.94.